The Morgan fingerprint density at radius 3 is 2.50 bits per heavy atom. The number of nitrogens with one attached hydrogen (secondary N) is 3. The lowest BCUT2D eigenvalue weighted by Gasteiger charge is -2.32. The number of hydrogen-bond acceptors (Lipinski definition) is 8. The minimum Gasteiger partial charge on any atom is -0.494 e. The van der Waals surface area contributed by atoms with E-state index in [1.54, 1.807) is 12.1 Å². The Bertz CT molecular complexity index is 1110. The molecule has 13 nitrogen and oxygen atoms in total. The fourth-order valence-corrected chi connectivity index (χ4v) is 5.33. The normalized spacial score (nSPS) is 24.2. The summed E-state index contributed by atoms with van der Waals surface area (Å²) in [6.45, 7) is 4.64. The number of nitrogens with zero attached hydrogens (tertiary/aromatic N) is 1. The number of benzene rings is 1. The maximum absolute atomic E-state index is 13.3. The van der Waals surface area contributed by atoms with Crippen LogP contribution in [0.2, 0.25) is 0 Å². The van der Waals surface area contributed by atoms with Gasteiger partial charge in [-0.25, -0.2) is 0 Å². The van der Waals surface area contributed by atoms with Gasteiger partial charge in [-0.3, -0.25) is 28.9 Å². The number of primary amides is 2. The van der Waals surface area contributed by atoms with Gasteiger partial charge in [-0.15, -0.1) is 0 Å². The van der Waals surface area contributed by atoms with E-state index in [2.05, 4.69) is 16.0 Å². The van der Waals surface area contributed by atoms with Crippen molar-refractivity contribution >= 4 is 29.5 Å². The van der Waals surface area contributed by atoms with E-state index in [1.807, 2.05) is 30.9 Å². The Morgan fingerprint density at radius 2 is 1.86 bits per heavy atom. The van der Waals surface area contributed by atoms with Crippen molar-refractivity contribution in [2.45, 2.75) is 89.1 Å². The molecule has 3 aliphatic rings. The van der Waals surface area contributed by atoms with Crippen LogP contribution in [0.4, 0.5) is 0 Å². The van der Waals surface area contributed by atoms with Gasteiger partial charge in [0.15, 0.2) is 0 Å². The number of aliphatic hydroxyl groups excluding tert-OH is 1. The van der Waals surface area contributed by atoms with E-state index in [0.29, 0.717) is 44.6 Å². The van der Waals surface area contributed by atoms with Crippen LogP contribution in [-0.4, -0.2) is 89.5 Å². The molecular weight excluding hydrogens is 544 g/mol. The van der Waals surface area contributed by atoms with Crippen LogP contribution < -0.4 is 32.2 Å². The zero-order valence-electron chi connectivity index (χ0n) is 24.3. The van der Waals surface area contributed by atoms with Gasteiger partial charge in [0.25, 0.3) is 0 Å². The molecule has 0 aromatic heterocycles. The molecule has 1 aromatic rings. The lowest BCUT2D eigenvalue weighted by molar-refractivity contribution is -0.132. The fourth-order valence-electron chi connectivity index (χ4n) is 5.33. The van der Waals surface area contributed by atoms with Crippen molar-refractivity contribution in [1.82, 2.24) is 20.9 Å². The number of rotatable bonds is 10. The summed E-state index contributed by atoms with van der Waals surface area (Å²) in [7, 11) is 0. The number of amides is 5. The summed E-state index contributed by atoms with van der Waals surface area (Å²) in [5.74, 6) is -2.30. The van der Waals surface area contributed by atoms with Gasteiger partial charge in [-0.2, -0.15) is 0 Å². The Balaban J connectivity index is 1.80. The largest absolute Gasteiger partial charge is 0.494 e. The van der Waals surface area contributed by atoms with Crippen LogP contribution in [0.3, 0.4) is 0 Å². The average molecular weight is 589 g/mol. The van der Waals surface area contributed by atoms with Crippen molar-refractivity contribution in [3.8, 4) is 5.75 Å². The van der Waals surface area contributed by atoms with Crippen molar-refractivity contribution in [3.05, 3.63) is 29.8 Å². The molecule has 4 rings (SSSR count). The highest BCUT2D eigenvalue weighted by atomic mass is 16.5. The van der Waals surface area contributed by atoms with Gasteiger partial charge in [-0.1, -0.05) is 32.4 Å². The number of fused-ring (bicyclic) bond motifs is 12. The second-order valence-electron chi connectivity index (χ2n) is 11.2. The summed E-state index contributed by atoms with van der Waals surface area (Å²) < 4.78 is 5.70. The molecule has 1 saturated heterocycles. The lowest BCUT2D eigenvalue weighted by Crippen LogP contribution is -2.57. The minimum atomic E-state index is -1.21. The smallest absolute Gasteiger partial charge is 0.243 e. The quantitative estimate of drug-likeness (QED) is 0.201. The third kappa shape index (κ3) is 9.41. The number of ether oxygens (including phenoxy) is 1. The molecule has 1 unspecified atom stereocenters. The van der Waals surface area contributed by atoms with Gasteiger partial charge >= 0.3 is 0 Å². The molecule has 232 valence electrons. The molecule has 13 heteroatoms. The molecule has 2 bridgehead atoms. The molecule has 3 heterocycles. The van der Waals surface area contributed by atoms with Gasteiger partial charge in [0.1, 0.15) is 17.8 Å². The van der Waals surface area contributed by atoms with Crippen molar-refractivity contribution in [2.75, 3.05) is 19.7 Å². The van der Waals surface area contributed by atoms with E-state index < -0.39 is 60.3 Å². The number of aliphatic hydroxyl groups is 1. The number of β-amino-alcohol motifs (C(OH)–C–C–N with tert-alkyl or cyclic N) is 1. The Labute approximate surface area is 246 Å². The molecular formula is C29H44N6O7. The Morgan fingerprint density at radius 1 is 1.14 bits per heavy atom. The molecule has 0 radical (unpaired) electrons. The highest BCUT2D eigenvalue weighted by Crippen LogP contribution is 2.21. The van der Waals surface area contributed by atoms with E-state index in [0.717, 1.165) is 5.56 Å². The highest BCUT2D eigenvalue weighted by Gasteiger charge is 2.37. The van der Waals surface area contributed by atoms with Crippen LogP contribution >= 0.6 is 0 Å². The molecule has 8 N–H and O–H groups in total. The number of nitrogens with two attached hydrogens (primary N) is 2. The SMILES string of the molecule is CC[C@H](C)C(NC(=O)[C@@H]1CCCN1C[C@@H](O)[C@@H]1Cc2ccc(cc2)OCCCC(=O)N[C@@H](CC(N)=O)C(=O)N1)C(N)=O. The zero-order valence-corrected chi connectivity index (χ0v) is 24.3. The summed E-state index contributed by atoms with van der Waals surface area (Å²) in [5, 5.41) is 19.6. The van der Waals surface area contributed by atoms with E-state index >= 15 is 0 Å². The summed E-state index contributed by atoms with van der Waals surface area (Å²) in [5.41, 5.74) is 11.7. The first-order valence-electron chi connectivity index (χ1n) is 14.6. The average Bonchev–Trinajstić information content (AvgIpc) is 3.40. The van der Waals surface area contributed by atoms with E-state index in [-0.39, 0.29) is 31.2 Å². The molecule has 0 spiro atoms. The second kappa shape index (κ2) is 15.5. The standard InChI is InChI=1S/C29H44N6O7/c1-3-17(2)26(27(31)39)34-29(41)22-6-4-12-35(22)16-23(36)20-14-18-8-10-19(11-9-18)42-13-5-7-25(38)32-21(15-24(30)37)28(40)33-20/h8-11,17,20-23,26,36H,3-7,12-16H2,1-2H3,(H2,30,37)(H2,31,39)(H,32,38)(H,33,40)(H,34,41)/t17-,20-,21-,22-,23+,26?/m0/s1. The first kappa shape index (κ1) is 32.8. The van der Waals surface area contributed by atoms with Gasteiger partial charge in [0.2, 0.25) is 29.5 Å². The monoisotopic (exact) mass is 588 g/mol. The maximum atomic E-state index is 13.3. The minimum absolute atomic E-state index is 0.0572. The number of hydrogen-bond donors (Lipinski definition) is 6. The zero-order chi connectivity index (χ0) is 30.8. The Kier molecular flexibility index (Phi) is 12.1. The van der Waals surface area contributed by atoms with Crippen molar-refractivity contribution in [1.29, 1.82) is 0 Å². The van der Waals surface area contributed by atoms with Crippen LogP contribution in [0.5, 0.6) is 5.75 Å². The van der Waals surface area contributed by atoms with Crippen molar-refractivity contribution in [2.24, 2.45) is 17.4 Å². The van der Waals surface area contributed by atoms with Crippen molar-refractivity contribution in [3.63, 3.8) is 0 Å². The highest BCUT2D eigenvalue weighted by molar-refractivity contribution is 5.92. The van der Waals surface area contributed by atoms with Crippen LogP contribution in [0.15, 0.2) is 24.3 Å². The maximum Gasteiger partial charge on any atom is 0.243 e. The molecule has 3 aliphatic heterocycles. The van der Waals surface area contributed by atoms with Gasteiger partial charge in [-0.05, 0) is 55.8 Å². The van der Waals surface area contributed by atoms with Gasteiger partial charge in [0.05, 0.1) is 31.2 Å². The molecule has 42 heavy (non-hydrogen) atoms. The van der Waals surface area contributed by atoms with Crippen LogP contribution in [0, 0.1) is 5.92 Å². The van der Waals surface area contributed by atoms with E-state index in [1.165, 1.54) is 0 Å². The summed E-state index contributed by atoms with van der Waals surface area (Å²) in [6, 6.07) is 3.79. The number of likely N-dealkylation sites (tertiary alicyclic amines) is 1. The molecule has 5 amide bonds. The molecule has 0 aliphatic carbocycles. The predicted molar refractivity (Wildman–Crippen MR) is 154 cm³/mol. The second-order valence-corrected chi connectivity index (χ2v) is 11.2. The number of carbonyl (C=O) groups excluding carboxylic acids is 5. The third-order valence-corrected chi connectivity index (χ3v) is 7.95. The van der Waals surface area contributed by atoms with Crippen LogP contribution in [0.1, 0.15) is 57.9 Å². The van der Waals surface area contributed by atoms with Gasteiger partial charge in [0, 0.05) is 13.0 Å². The summed E-state index contributed by atoms with van der Waals surface area (Å²) in [4.78, 5) is 64.5. The first-order valence-corrected chi connectivity index (χ1v) is 14.6. The van der Waals surface area contributed by atoms with Gasteiger partial charge < -0.3 is 37.3 Å². The summed E-state index contributed by atoms with van der Waals surface area (Å²) >= 11 is 0. The molecule has 0 saturated carbocycles. The van der Waals surface area contributed by atoms with Crippen molar-refractivity contribution < 1.29 is 33.8 Å². The lowest BCUT2D eigenvalue weighted by atomic mass is 9.98. The topological polar surface area (TPSA) is 206 Å². The fraction of sp³-hybridized carbons (Fsp3) is 0.621. The van der Waals surface area contributed by atoms with Crippen LogP contribution in [0.25, 0.3) is 0 Å². The van der Waals surface area contributed by atoms with E-state index in [4.69, 9.17) is 16.2 Å². The first-order chi connectivity index (χ1) is 20.0. The third-order valence-electron chi connectivity index (χ3n) is 7.95. The summed E-state index contributed by atoms with van der Waals surface area (Å²) in [6.07, 6.45) is 1.09. The predicted octanol–water partition coefficient (Wildman–Crippen LogP) is -0.912. The molecule has 6 atom stereocenters. The molecule has 1 fully saturated rings. The Hall–Kier alpha value is -3.71. The number of carbonyl (C=O) groups is 5. The molecule has 1 aromatic carbocycles. The van der Waals surface area contributed by atoms with E-state index in [9.17, 15) is 29.1 Å². The van der Waals surface area contributed by atoms with Crippen LogP contribution in [-0.2, 0) is 30.4 Å².